The molecule has 0 aromatic heterocycles. The van der Waals surface area contributed by atoms with Crippen LogP contribution in [0.1, 0.15) is 20.3 Å². The fourth-order valence-corrected chi connectivity index (χ4v) is 1.82. The molecular formula is C11H19NO2. The minimum absolute atomic E-state index is 0.724. The van der Waals surface area contributed by atoms with E-state index >= 15 is 0 Å². The Balaban J connectivity index is 2.30. The van der Waals surface area contributed by atoms with Crippen molar-refractivity contribution in [2.75, 3.05) is 19.6 Å². The fourth-order valence-electron chi connectivity index (χ4n) is 1.82. The van der Waals surface area contributed by atoms with Crippen LogP contribution in [-0.4, -0.2) is 35.6 Å². The highest BCUT2D eigenvalue weighted by molar-refractivity contribution is 5.79. The predicted molar refractivity (Wildman–Crippen MR) is 56.2 cm³/mol. The second kappa shape index (κ2) is 5.15. The van der Waals surface area contributed by atoms with Gasteiger partial charge in [0.1, 0.15) is 0 Å². The second-order valence-electron chi connectivity index (χ2n) is 4.24. The Kier molecular flexibility index (Phi) is 4.14. The molecule has 80 valence electrons. The monoisotopic (exact) mass is 197 g/mol. The van der Waals surface area contributed by atoms with Gasteiger partial charge in [-0.3, -0.25) is 4.90 Å². The zero-order chi connectivity index (χ0) is 10.6. The molecule has 1 saturated heterocycles. The molecule has 2 unspecified atom stereocenters. The molecule has 1 aliphatic heterocycles. The molecular weight excluding hydrogens is 178 g/mol. The smallest absolute Gasteiger partial charge is 0.328 e. The third-order valence-corrected chi connectivity index (χ3v) is 3.04. The molecule has 0 saturated carbocycles. The predicted octanol–water partition coefficient (Wildman–Crippen LogP) is 1.61. The van der Waals surface area contributed by atoms with Gasteiger partial charge in [-0.05, 0) is 24.8 Å². The second-order valence-corrected chi connectivity index (χ2v) is 4.24. The van der Waals surface area contributed by atoms with Crippen LogP contribution in [0, 0.1) is 11.8 Å². The van der Waals surface area contributed by atoms with Gasteiger partial charge in [0.2, 0.25) is 0 Å². The van der Waals surface area contributed by atoms with Crippen molar-refractivity contribution in [3.05, 3.63) is 12.2 Å². The topological polar surface area (TPSA) is 40.5 Å². The Morgan fingerprint density at radius 2 is 2.21 bits per heavy atom. The largest absolute Gasteiger partial charge is 0.478 e. The number of piperidine rings is 1. The fraction of sp³-hybridized carbons (Fsp3) is 0.727. The van der Waals surface area contributed by atoms with E-state index < -0.39 is 5.97 Å². The number of carboxylic acids is 1. The van der Waals surface area contributed by atoms with Crippen molar-refractivity contribution in [3.63, 3.8) is 0 Å². The third-order valence-electron chi connectivity index (χ3n) is 3.04. The number of carboxylic acid groups (broad SMARTS) is 1. The number of likely N-dealkylation sites (tertiary alicyclic amines) is 1. The quantitative estimate of drug-likeness (QED) is 0.699. The molecule has 0 bridgehead atoms. The van der Waals surface area contributed by atoms with Gasteiger partial charge in [-0.25, -0.2) is 4.79 Å². The van der Waals surface area contributed by atoms with Crippen molar-refractivity contribution in [1.29, 1.82) is 0 Å². The highest BCUT2D eigenvalue weighted by atomic mass is 16.4. The molecule has 1 N–H and O–H groups in total. The maximum atomic E-state index is 10.3. The molecule has 0 spiro atoms. The molecule has 0 aromatic rings. The van der Waals surface area contributed by atoms with E-state index in [0.717, 1.165) is 31.5 Å². The summed E-state index contributed by atoms with van der Waals surface area (Å²) in [6.45, 7) is 7.50. The zero-order valence-corrected chi connectivity index (χ0v) is 8.94. The lowest BCUT2D eigenvalue weighted by atomic mass is 9.89. The molecule has 2 atom stereocenters. The molecule has 1 rings (SSSR count). The number of rotatable bonds is 3. The van der Waals surface area contributed by atoms with E-state index in [1.54, 1.807) is 6.08 Å². The van der Waals surface area contributed by atoms with E-state index in [0.29, 0.717) is 0 Å². The van der Waals surface area contributed by atoms with Crippen molar-refractivity contribution < 1.29 is 9.90 Å². The van der Waals surface area contributed by atoms with Gasteiger partial charge in [0.15, 0.2) is 0 Å². The number of hydrogen-bond donors (Lipinski definition) is 1. The highest BCUT2D eigenvalue weighted by Crippen LogP contribution is 2.21. The minimum atomic E-state index is -0.858. The van der Waals surface area contributed by atoms with Crippen LogP contribution in [0.4, 0.5) is 0 Å². The van der Waals surface area contributed by atoms with E-state index in [1.165, 1.54) is 12.5 Å². The Hall–Kier alpha value is -0.830. The van der Waals surface area contributed by atoms with Crippen LogP contribution in [-0.2, 0) is 4.79 Å². The van der Waals surface area contributed by atoms with Crippen molar-refractivity contribution in [2.24, 2.45) is 11.8 Å². The summed E-state index contributed by atoms with van der Waals surface area (Å²) in [7, 11) is 0. The summed E-state index contributed by atoms with van der Waals surface area (Å²) in [5.74, 6) is 0.667. The van der Waals surface area contributed by atoms with Crippen molar-refractivity contribution in [3.8, 4) is 0 Å². The highest BCUT2D eigenvalue weighted by Gasteiger charge is 2.21. The van der Waals surface area contributed by atoms with Gasteiger partial charge in [-0.2, -0.15) is 0 Å². The van der Waals surface area contributed by atoms with Gasteiger partial charge < -0.3 is 5.11 Å². The normalized spacial score (nSPS) is 29.6. The van der Waals surface area contributed by atoms with E-state index in [1.807, 2.05) is 0 Å². The Labute approximate surface area is 85.4 Å². The molecule has 0 aliphatic carbocycles. The van der Waals surface area contributed by atoms with Crippen molar-refractivity contribution in [2.45, 2.75) is 20.3 Å². The van der Waals surface area contributed by atoms with Crippen LogP contribution in [0.25, 0.3) is 0 Å². The first-order valence-electron chi connectivity index (χ1n) is 5.21. The first kappa shape index (κ1) is 11.2. The van der Waals surface area contributed by atoms with Gasteiger partial charge >= 0.3 is 5.97 Å². The van der Waals surface area contributed by atoms with Crippen molar-refractivity contribution in [1.82, 2.24) is 4.90 Å². The third kappa shape index (κ3) is 3.50. The lowest BCUT2D eigenvalue weighted by Gasteiger charge is -2.34. The van der Waals surface area contributed by atoms with Crippen molar-refractivity contribution >= 4 is 5.97 Å². The van der Waals surface area contributed by atoms with Crippen LogP contribution < -0.4 is 0 Å². The summed E-state index contributed by atoms with van der Waals surface area (Å²) >= 11 is 0. The van der Waals surface area contributed by atoms with Gasteiger partial charge in [0.05, 0.1) is 0 Å². The molecule has 1 fully saturated rings. The summed E-state index contributed by atoms with van der Waals surface area (Å²) in [4.78, 5) is 12.6. The van der Waals surface area contributed by atoms with Gasteiger partial charge in [-0.1, -0.05) is 19.9 Å². The van der Waals surface area contributed by atoms with E-state index in [4.69, 9.17) is 5.11 Å². The molecule has 1 aliphatic rings. The van der Waals surface area contributed by atoms with Gasteiger partial charge in [0.25, 0.3) is 0 Å². The Bertz CT molecular complexity index is 225. The number of hydrogen-bond acceptors (Lipinski definition) is 2. The molecule has 0 aromatic carbocycles. The van der Waals surface area contributed by atoms with Crippen LogP contribution in [0.2, 0.25) is 0 Å². The first-order chi connectivity index (χ1) is 6.59. The molecule has 14 heavy (non-hydrogen) atoms. The molecule has 0 radical (unpaired) electrons. The van der Waals surface area contributed by atoms with Crippen LogP contribution in [0.5, 0.6) is 0 Å². The van der Waals surface area contributed by atoms with Crippen LogP contribution in [0.15, 0.2) is 12.2 Å². The average molecular weight is 197 g/mol. The molecule has 3 nitrogen and oxygen atoms in total. The molecule has 0 amide bonds. The lowest BCUT2D eigenvalue weighted by molar-refractivity contribution is -0.131. The molecule has 3 heteroatoms. The van der Waals surface area contributed by atoms with Crippen LogP contribution in [0.3, 0.4) is 0 Å². The SMILES string of the molecule is CC1CCN(C/C=C/C(=O)O)CC1C. The summed E-state index contributed by atoms with van der Waals surface area (Å²) in [5, 5.41) is 8.43. The number of aliphatic carboxylic acids is 1. The summed E-state index contributed by atoms with van der Waals surface area (Å²) in [6.07, 6.45) is 4.18. The standard InChI is InChI=1S/C11H19NO2/c1-9-5-7-12(8-10(9)2)6-3-4-11(13)14/h3-4,9-10H,5-8H2,1-2H3,(H,13,14)/b4-3+. The number of nitrogens with zero attached hydrogens (tertiary/aromatic N) is 1. The van der Waals surface area contributed by atoms with Gasteiger partial charge in [-0.15, -0.1) is 0 Å². The minimum Gasteiger partial charge on any atom is -0.478 e. The molecule has 1 heterocycles. The van der Waals surface area contributed by atoms with E-state index in [9.17, 15) is 4.79 Å². The van der Waals surface area contributed by atoms with E-state index in [-0.39, 0.29) is 0 Å². The first-order valence-corrected chi connectivity index (χ1v) is 5.21. The Morgan fingerprint density at radius 3 is 2.79 bits per heavy atom. The van der Waals surface area contributed by atoms with Gasteiger partial charge in [0, 0.05) is 19.2 Å². The summed E-state index contributed by atoms with van der Waals surface area (Å²) < 4.78 is 0. The lowest BCUT2D eigenvalue weighted by Crippen LogP contribution is -2.38. The zero-order valence-electron chi connectivity index (χ0n) is 8.94. The number of carbonyl (C=O) groups is 1. The summed E-state index contributed by atoms with van der Waals surface area (Å²) in [5.41, 5.74) is 0. The maximum Gasteiger partial charge on any atom is 0.328 e. The summed E-state index contributed by atoms with van der Waals surface area (Å²) in [6, 6.07) is 0. The Morgan fingerprint density at radius 1 is 1.50 bits per heavy atom. The maximum absolute atomic E-state index is 10.3. The average Bonchev–Trinajstić information content (AvgIpc) is 2.10. The van der Waals surface area contributed by atoms with Crippen LogP contribution >= 0.6 is 0 Å². The van der Waals surface area contributed by atoms with E-state index in [2.05, 4.69) is 18.7 Å².